The van der Waals surface area contributed by atoms with Gasteiger partial charge in [-0.15, -0.1) is 0 Å². The van der Waals surface area contributed by atoms with Gasteiger partial charge < -0.3 is 19.1 Å². The summed E-state index contributed by atoms with van der Waals surface area (Å²) in [6.07, 6.45) is -0.321. The lowest BCUT2D eigenvalue weighted by atomic mass is 10.1. The highest BCUT2D eigenvalue weighted by atomic mass is 79.9. The minimum absolute atomic E-state index is 0.102. The van der Waals surface area contributed by atoms with E-state index in [2.05, 4.69) is 20.5 Å². The number of amides is 2. The van der Waals surface area contributed by atoms with Crippen molar-refractivity contribution in [3.63, 3.8) is 0 Å². The summed E-state index contributed by atoms with van der Waals surface area (Å²) in [5.74, 6) is -0.704. The monoisotopic (exact) mass is 635 g/mol. The first-order chi connectivity index (χ1) is 19.6. The number of hydrogen-bond donors (Lipinski definition) is 0. The second-order valence-electron chi connectivity index (χ2n) is 9.78. The van der Waals surface area contributed by atoms with Gasteiger partial charge in [-0.3, -0.25) is 9.59 Å². The van der Waals surface area contributed by atoms with Crippen LogP contribution in [0.15, 0.2) is 71.3 Å². The quantitative estimate of drug-likeness (QED) is 0.169. The Morgan fingerprint density at radius 1 is 0.927 bits per heavy atom. The molecule has 222 valence electrons. The van der Waals surface area contributed by atoms with E-state index in [0.29, 0.717) is 39.3 Å². The van der Waals surface area contributed by atoms with Gasteiger partial charge in [0, 0.05) is 54.8 Å². The molecule has 0 unspecified atom stereocenters. The SMILES string of the molecule is CCCCN(Cc1cccn1Cc1ccc(Br)cc1)C(=O)CN(CCCOCC)C(=O)c1ccc(C(F)(F)F)cc1. The van der Waals surface area contributed by atoms with Gasteiger partial charge in [-0.1, -0.05) is 41.4 Å². The van der Waals surface area contributed by atoms with Crippen LogP contribution in [0.2, 0.25) is 0 Å². The molecule has 0 fully saturated rings. The number of alkyl halides is 3. The molecule has 6 nitrogen and oxygen atoms in total. The number of benzene rings is 2. The van der Waals surface area contributed by atoms with Gasteiger partial charge in [0.2, 0.25) is 5.91 Å². The Morgan fingerprint density at radius 3 is 2.24 bits per heavy atom. The van der Waals surface area contributed by atoms with Gasteiger partial charge in [-0.05, 0) is 73.9 Å². The number of unbranched alkanes of at least 4 members (excludes halogenated alkanes) is 1. The summed E-state index contributed by atoms with van der Waals surface area (Å²) in [4.78, 5) is 30.2. The van der Waals surface area contributed by atoms with Gasteiger partial charge in [0.25, 0.3) is 5.91 Å². The van der Waals surface area contributed by atoms with E-state index in [0.717, 1.165) is 52.8 Å². The van der Waals surface area contributed by atoms with Crippen LogP contribution in [0.25, 0.3) is 0 Å². The Labute approximate surface area is 248 Å². The van der Waals surface area contributed by atoms with Crippen LogP contribution in [-0.4, -0.2) is 59.0 Å². The molecule has 41 heavy (non-hydrogen) atoms. The molecule has 0 saturated carbocycles. The van der Waals surface area contributed by atoms with E-state index >= 15 is 0 Å². The molecule has 3 rings (SSSR count). The summed E-state index contributed by atoms with van der Waals surface area (Å²) in [7, 11) is 0. The minimum Gasteiger partial charge on any atom is -0.382 e. The van der Waals surface area contributed by atoms with Crippen molar-refractivity contribution in [3.05, 3.63) is 93.7 Å². The molecule has 0 aliphatic carbocycles. The van der Waals surface area contributed by atoms with E-state index in [-0.39, 0.29) is 24.6 Å². The van der Waals surface area contributed by atoms with Crippen LogP contribution < -0.4 is 0 Å². The molecule has 0 spiro atoms. The molecule has 10 heteroatoms. The Hall–Kier alpha value is -3.11. The lowest BCUT2D eigenvalue weighted by molar-refractivity contribution is -0.137. The van der Waals surface area contributed by atoms with Crippen LogP contribution in [0.3, 0.4) is 0 Å². The Bertz CT molecular complexity index is 1240. The van der Waals surface area contributed by atoms with Crippen molar-refractivity contribution in [2.24, 2.45) is 0 Å². The van der Waals surface area contributed by atoms with Crippen molar-refractivity contribution in [2.75, 3.05) is 32.8 Å². The number of nitrogens with zero attached hydrogens (tertiary/aromatic N) is 3. The van der Waals surface area contributed by atoms with E-state index in [1.807, 2.05) is 56.4 Å². The fraction of sp³-hybridized carbons (Fsp3) is 0.419. The zero-order valence-electron chi connectivity index (χ0n) is 23.5. The smallest absolute Gasteiger partial charge is 0.382 e. The summed E-state index contributed by atoms with van der Waals surface area (Å²) < 4.78 is 47.6. The van der Waals surface area contributed by atoms with Crippen LogP contribution in [-0.2, 0) is 28.8 Å². The standard InChI is InChI=1S/C31H37BrF3N3O3/c1-3-5-17-37(22-28-8-6-18-36(28)21-24-9-15-27(32)16-10-24)29(39)23-38(19-7-20-41-4-2)30(40)25-11-13-26(14-12-25)31(33,34)35/h6,8-16,18H,3-5,7,17,19-23H2,1-2H3. The van der Waals surface area contributed by atoms with Gasteiger partial charge in [-0.25, -0.2) is 0 Å². The van der Waals surface area contributed by atoms with Crippen LogP contribution >= 0.6 is 15.9 Å². The minimum atomic E-state index is -4.50. The average molecular weight is 637 g/mol. The molecule has 0 aliphatic heterocycles. The van der Waals surface area contributed by atoms with Gasteiger partial charge in [0.15, 0.2) is 0 Å². The van der Waals surface area contributed by atoms with Gasteiger partial charge in [-0.2, -0.15) is 13.2 Å². The average Bonchev–Trinajstić information content (AvgIpc) is 3.39. The van der Waals surface area contributed by atoms with E-state index in [1.165, 1.54) is 4.90 Å². The second kappa shape index (κ2) is 15.8. The summed E-state index contributed by atoms with van der Waals surface area (Å²) in [6, 6.07) is 16.1. The van der Waals surface area contributed by atoms with Gasteiger partial charge in [0.1, 0.15) is 6.54 Å². The lowest BCUT2D eigenvalue weighted by Crippen LogP contribution is -2.44. The van der Waals surface area contributed by atoms with E-state index < -0.39 is 17.6 Å². The lowest BCUT2D eigenvalue weighted by Gasteiger charge is -2.28. The fourth-order valence-corrected chi connectivity index (χ4v) is 4.64. The van der Waals surface area contributed by atoms with Crippen LogP contribution in [0, 0.1) is 0 Å². The third-order valence-corrected chi connectivity index (χ3v) is 7.20. The van der Waals surface area contributed by atoms with Crippen molar-refractivity contribution in [1.29, 1.82) is 0 Å². The molecule has 3 aromatic rings. The molecule has 0 atom stereocenters. The summed E-state index contributed by atoms with van der Waals surface area (Å²) in [5.41, 5.74) is 1.37. The predicted octanol–water partition coefficient (Wildman–Crippen LogP) is 7.02. The molecule has 0 aliphatic rings. The summed E-state index contributed by atoms with van der Waals surface area (Å²) >= 11 is 3.46. The molecular formula is C31H37BrF3N3O3. The first-order valence-electron chi connectivity index (χ1n) is 13.8. The van der Waals surface area contributed by atoms with Crippen molar-refractivity contribution in [1.82, 2.24) is 14.4 Å². The third kappa shape index (κ3) is 10.0. The Morgan fingerprint density at radius 2 is 1.61 bits per heavy atom. The van der Waals surface area contributed by atoms with E-state index in [9.17, 15) is 22.8 Å². The van der Waals surface area contributed by atoms with Crippen LogP contribution in [0.1, 0.15) is 60.3 Å². The number of halogens is 4. The molecule has 0 bridgehead atoms. The summed E-state index contributed by atoms with van der Waals surface area (Å²) in [5, 5.41) is 0. The van der Waals surface area contributed by atoms with Crippen molar-refractivity contribution in [2.45, 2.75) is 52.4 Å². The molecule has 2 aromatic carbocycles. The topological polar surface area (TPSA) is 54.8 Å². The Kier molecular flexibility index (Phi) is 12.5. The molecule has 1 aromatic heterocycles. The van der Waals surface area contributed by atoms with Crippen LogP contribution in [0.5, 0.6) is 0 Å². The van der Waals surface area contributed by atoms with Gasteiger partial charge in [0.05, 0.1) is 12.1 Å². The van der Waals surface area contributed by atoms with Gasteiger partial charge >= 0.3 is 6.18 Å². The number of ether oxygens (including phenoxy) is 1. The maximum atomic E-state index is 13.6. The number of carbonyl (C=O) groups excluding carboxylic acids is 2. The highest BCUT2D eigenvalue weighted by molar-refractivity contribution is 9.10. The highest BCUT2D eigenvalue weighted by Crippen LogP contribution is 2.29. The van der Waals surface area contributed by atoms with E-state index in [4.69, 9.17) is 4.74 Å². The zero-order chi connectivity index (χ0) is 29.8. The Balaban J connectivity index is 1.77. The largest absolute Gasteiger partial charge is 0.416 e. The molecule has 0 radical (unpaired) electrons. The number of aromatic nitrogens is 1. The molecule has 1 heterocycles. The first-order valence-corrected chi connectivity index (χ1v) is 14.6. The summed E-state index contributed by atoms with van der Waals surface area (Å²) in [6.45, 7) is 6.47. The molecular weight excluding hydrogens is 599 g/mol. The van der Waals surface area contributed by atoms with Crippen LogP contribution in [0.4, 0.5) is 13.2 Å². The van der Waals surface area contributed by atoms with E-state index in [1.54, 1.807) is 4.90 Å². The van der Waals surface area contributed by atoms with Crippen molar-refractivity contribution in [3.8, 4) is 0 Å². The van der Waals surface area contributed by atoms with Crippen molar-refractivity contribution < 1.29 is 27.5 Å². The second-order valence-corrected chi connectivity index (χ2v) is 10.7. The third-order valence-electron chi connectivity index (χ3n) is 6.67. The molecule has 0 N–H and O–H groups in total. The number of hydrogen-bond acceptors (Lipinski definition) is 3. The maximum Gasteiger partial charge on any atom is 0.416 e. The fourth-order valence-electron chi connectivity index (χ4n) is 4.37. The number of carbonyl (C=O) groups is 2. The first kappa shape index (κ1) is 32.4. The highest BCUT2D eigenvalue weighted by Gasteiger charge is 2.31. The molecule has 2 amide bonds. The normalized spacial score (nSPS) is 11.5. The number of rotatable bonds is 15. The zero-order valence-corrected chi connectivity index (χ0v) is 25.1. The molecule has 0 saturated heterocycles. The predicted molar refractivity (Wildman–Crippen MR) is 156 cm³/mol. The maximum absolute atomic E-state index is 13.6. The van der Waals surface area contributed by atoms with Crippen molar-refractivity contribution >= 4 is 27.7 Å².